The highest BCUT2D eigenvalue weighted by Crippen LogP contribution is 2.30. The molecule has 0 fully saturated rings. The van der Waals surface area contributed by atoms with Crippen molar-refractivity contribution in [3.63, 3.8) is 0 Å². The second-order valence-corrected chi connectivity index (χ2v) is 8.46. The van der Waals surface area contributed by atoms with E-state index in [4.69, 9.17) is 21.7 Å². The smallest absolute Gasteiger partial charge is 0.338 e. The molecule has 0 amide bonds. The number of hydrogen-bond donors (Lipinski definition) is 2. The van der Waals surface area contributed by atoms with E-state index in [-0.39, 0.29) is 12.0 Å². The second kappa shape index (κ2) is 9.92. The number of esters is 1. The standard InChI is InChI=1S/C22H32N2O3S/c1-6-7-8-9-14-26-17-12-10-16(11-13-17)19-18(15(2)23-21(28)24-19)20(25)27-22(3,4)5/h10-13,19H,6-9,14H2,1-5H3,(H2,23,24,28). The lowest BCUT2D eigenvalue weighted by Gasteiger charge is -2.31. The van der Waals surface area contributed by atoms with Crippen LogP contribution in [-0.2, 0) is 9.53 Å². The Labute approximate surface area is 173 Å². The Morgan fingerprint density at radius 2 is 1.82 bits per heavy atom. The zero-order chi connectivity index (χ0) is 20.7. The van der Waals surface area contributed by atoms with Crippen LogP contribution >= 0.6 is 12.2 Å². The van der Waals surface area contributed by atoms with E-state index in [2.05, 4.69) is 17.6 Å². The van der Waals surface area contributed by atoms with Gasteiger partial charge < -0.3 is 20.1 Å². The third-order valence-electron chi connectivity index (χ3n) is 4.37. The maximum absolute atomic E-state index is 12.8. The Kier molecular flexibility index (Phi) is 7.87. The van der Waals surface area contributed by atoms with Crippen LogP contribution in [0.3, 0.4) is 0 Å². The van der Waals surface area contributed by atoms with Gasteiger partial charge in [0.1, 0.15) is 11.4 Å². The fraction of sp³-hybridized carbons (Fsp3) is 0.545. The van der Waals surface area contributed by atoms with Gasteiger partial charge in [-0.3, -0.25) is 0 Å². The number of unbranched alkanes of at least 4 members (excludes halogenated alkanes) is 3. The van der Waals surface area contributed by atoms with Gasteiger partial charge in [-0.15, -0.1) is 0 Å². The van der Waals surface area contributed by atoms with Crippen molar-refractivity contribution in [3.8, 4) is 5.75 Å². The van der Waals surface area contributed by atoms with Gasteiger partial charge in [0.05, 0.1) is 18.2 Å². The third-order valence-corrected chi connectivity index (χ3v) is 4.59. The van der Waals surface area contributed by atoms with Crippen LogP contribution in [0.2, 0.25) is 0 Å². The van der Waals surface area contributed by atoms with Crippen LogP contribution in [0, 0.1) is 0 Å². The molecule has 1 heterocycles. The number of carbonyl (C=O) groups excluding carboxylic acids is 1. The zero-order valence-corrected chi connectivity index (χ0v) is 18.4. The van der Waals surface area contributed by atoms with E-state index in [1.54, 1.807) is 0 Å². The monoisotopic (exact) mass is 404 g/mol. The Morgan fingerprint density at radius 1 is 1.14 bits per heavy atom. The van der Waals surface area contributed by atoms with Gasteiger partial charge in [-0.2, -0.15) is 0 Å². The Morgan fingerprint density at radius 3 is 2.43 bits per heavy atom. The van der Waals surface area contributed by atoms with Crippen molar-refractivity contribution in [1.29, 1.82) is 0 Å². The molecule has 1 unspecified atom stereocenters. The quantitative estimate of drug-likeness (QED) is 0.369. The number of carbonyl (C=O) groups is 1. The summed E-state index contributed by atoms with van der Waals surface area (Å²) in [6.07, 6.45) is 4.70. The van der Waals surface area contributed by atoms with E-state index < -0.39 is 5.60 Å². The number of hydrogen-bond acceptors (Lipinski definition) is 4. The maximum atomic E-state index is 12.8. The normalized spacial score (nSPS) is 17.0. The van der Waals surface area contributed by atoms with Crippen LogP contribution in [0.25, 0.3) is 0 Å². The van der Waals surface area contributed by atoms with Crippen molar-refractivity contribution in [2.45, 2.75) is 71.9 Å². The van der Waals surface area contributed by atoms with Gasteiger partial charge in [0.25, 0.3) is 0 Å². The molecule has 2 rings (SSSR count). The molecule has 1 aliphatic heterocycles. The highest BCUT2D eigenvalue weighted by Gasteiger charge is 2.32. The summed E-state index contributed by atoms with van der Waals surface area (Å²) in [6.45, 7) is 10.3. The summed E-state index contributed by atoms with van der Waals surface area (Å²) >= 11 is 5.29. The molecule has 2 N–H and O–H groups in total. The van der Waals surface area contributed by atoms with Gasteiger partial charge in [0, 0.05) is 5.70 Å². The van der Waals surface area contributed by atoms with Gasteiger partial charge in [-0.1, -0.05) is 38.3 Å². The van der Waals surface area contributed by atoms with Crippen molar-refractivity contribution >= 4 is 23.3 Å². The minimum atomic E-state index is -0.567. The maximum Gasteiger partial charge on any atom is 0.338 e. The Bertz CT molecular complexity index is 720. The van der Waals surface area contributed by atoms with Crippen molar-refractivity contribution < 1.29 is 14.3 Å². The summed E-state index contributed by atoms with van der Waals surface area (Å²) in [5, 5.41) is 6.70. The lowest BCUT2D eigenvalue weighted by Crippen LogP contribution is -2.45. The number of rotatable bonds is 8. The molecule has 0 radical (unpaired) electrons. The van der Waals surface area contributed by atoms with Crippen LogP contribution in [0.5, 0.6) is 5.75 Å². The molecular formula is C22H32N2O3S. The molecule has 0 aromatic heterocycles. The number of allylic oxidation sites excluding steroid dienone is 1. The molecule has 0 bridgehead atoms. The molecule has 1 aromatic rings. The Hall–Kier alpha value is -2.08. The summed E-state index contributed by atoms with van der Waals surface area (Å²) in [5.41, 5.74) is 1.61. The first-order chi connectivity index (χ1) is 13.2. The van der Waals surface area contributed by atoms with Gasteiger partial charge in [-0.05, 0) is 64.0 Å². The van der Waals surface area contributed by atoms with Gasteiger partial charge in [0.15, 0.2) is 5.11 Å². The fourth-order valence-electron chi connectivity index (χ4n) is 3.02. The molecule has 154 valence electrons. The predicted octanol–water partition coefficient (Wildman–Crippen LogP) is 4.78. The molecule has 0 saturated heterocycles. The van der Waals surface area contributed by atoms with Crippen LogP contribution < -0.4 is 15.4 Å². The zero-order valence-electron chi connectivity index (χ0n) is 17.6. The van der Waals surface area contributed by atoms with Gasteiger partial charge in [-0.25, -0.2) is 4.79 Å². The fourth-order valence-corrected chi connectivity index (χ4v) is 3.29. The molecule has 0 spiro atoms. The lowest BCUT2D eigenvalue weighted by atomic mass is 9.95. The van der Waals surface area contributed by atoms with E-state index in [0.717, 1.165) is 24.3 Å². The Balaban J connectivity index is 2.13. The molecule has 28 heavy (non-hydrogen) atoms. The third kappa shape index (κ3) is 6.51. The molecule has 5 nitrogen and oxygen atoms in total. The van der Waals surface area contributed by atoms with Gasteiger partial charge >= 0.3 is 5.97 Å². The number of nitrogens with one attached hydrogen (secondary N) is 2. The molecule has 1 atom stereocenters. The van der Waals surface area contributed by atoms with E-state index in [0.29, 0.717) is 16.4 Å². The minimum Gasteiger partial charge on any atom is -0.494 e. The van der Waals surface area contributed by atoms with Crippen molar-refractivity contribution in [2.75, 3.05) is 6.61 Å². The van der Waals surface area contributed by atoms with E-state index >= 15 is 0 Å². The molecule has 1 aliphatic rings. The predicted molar refractivity (Wildman–Crippen MR) is 116 cm³/mol. The largest absolute Gasteiger partial charge is 0.494 e. The number of benzene rings is 1. The minimum absolute atomic E-state index is 0.353. The van der Waals surface area contributed by atoms with E-state index in [9.17, 15) is 4.79 Å². The van der Waals surface area contributed by atoms with Crippen molar-refractivity contribution in [1.82, 2.24) is 10.6 Å². The SMILES string of the molecule is CCCCCCOc1ccc(C2NC(=S)NC(C)=C2C(=O)OC(C)(C)C)cc1. The first kappa shape index (κ1) is 22.2. The summed E-state index contributed by atoms with van der Waals surface area (Å²) in [7, 11) is 0. The second-order valence-electron chi connectivity index (χ2n) is 8.05. The van der Waals surface area contributed by atoms with Crippen molar-refractivity contribution in [3.05, 3.63) is 41.1 Å². The number of thiocarbonyl (C=S) groups is 1. The summed E-state index contributed by atoms with van der Waals surface area (Å²) in [6, 6.07) is 7.44. The molecule has 6 heteroatoms. The van der Waals surface area contributed by atoms with Crippen LogP contribution in [0.4, 0.5) is 0 Å². The summed E-state index contributed by atoms with van der Waals surface area (Å²) < 4.78 is 11.4. The van der Waals surface area contributed by atoms with E-state index in [1.165, 1.54) is 19.3 Å². The number of ether oxygens (including phenoxy) is 2. The van der Waals surface area contributed by atoms with E-state index in [1.807, 2.05) is 52.0 Å². The summed E-state index contributed by atoms with van der Waals surface area (Å²) in [5.74, 6) is 0.477. The topological polar surface area (TPSA) is 59.6 Å². The first-order valence-corrected chi connectivity index (χ1v) is 10.4. The molecule has 0 saturated carbocycles. The lowest BCUT2D eigenvalue weighted by molar-refractivity contribution is -0.150. The molecule has 0 aliphatic carbocycles. The highest BCUT2D eigenvalue weighted by atomic mass is 32.1. The van der Waals surface area contributed by atoms with Gasteiger partial charge in [0.2, 0.25) is 0 Å². The summed E-state index contributed by atoms with van der Waals surface area (Å²) in [4.78, 5) is 12.8. The molecule has 1 aromatic carbocycles. The van der Waals surface area contributed by atoms with Crippen molar-refractivity contribution in [2.24, 2.45) is 0 Å². The molecular weight excluding hydrogens is 372 g/mol. The highest BCUT2D eigenvalue weighted by molar-refractivity contribution is 7.80. The van der Waals surface area contributed by atoms with Crippen LogP contribution in [0.15, 0.2) is 35.5 Å². The van der Waals surface area contributed by atoms with Crippen LogP contribution in [-0.4, -0.2) is 23.3 Å². The van der Waals surface area contributed by atoms with Crippen LogP contribution in [0.1, 0.15) is 71.9 Å². The average Bonchev–Trinajstić information content (AvgIpc) is 2.59. The average molecular weight is 405 g/mol. The first-order valence-electron chi connectivity index (χ1n) is 9.95.